The Balaban J connectivity index is 2.19. The Hall–Kier alpha value is -1.86. The van der Waals surface area contributed by atoms with Crippen LogP contribution < -0.4 is 5.32 Å². The van der Waals surface area contributed by atoms with E-state index >= 15 is 0 Å². The molecular weight excluding hydrogens is 237 g/mol. The lowest BCUT2D eigenvalue weighted by molar-refractivity contribution is 0.0958. The van der Waals surface area contributed by atoms with E-state index in [0.717, 1.165) is 10.1 Å². The fraction of sp³-hybridized carbons (Fsp3) is 0.154. The summed E-state index contributed by atoms with van der Waals surface area (Å²) in [6, 6.07) is 6.23. The Kier molecular flexibility index (Phi) is 3.40. The third kappa shape index (κ3) is 2.63. The van der Waals surface area contributed by atoms with E-state index in [1.165, 1.54) is 23.5 Å². The van der Waals surface area contributed by atoms with Gasteiger partial charge in [0, 0.05) is 17.7 Å². The van der Waals surface area contributed by atoms with Gasteiger partial charge in [0.1, 0.15) is 5.82 Å². The molecule has 0 saturated carbocycles. The van der Waals surface area contributed by atoms with Crippen molar-refractivity contribution in [2.75, 3.05) is 6.54 Å². The molecule has 1 aromatic heterocycles. The zero-order chi connectivity index (χ0) is 12.3. The van der Waals surface area contributed by atoms with Crippen LogP contribution in [0.2, 0.25) is 0 Å². The van der Waals surface area contributed by atoms with Gasteiger partial charge in [-0.05, 0) is 23.6 Å². The topological polar surface area (TPSA) is 29.1 Å². The molecule has 1 aromatic carbocycles. The van der Waals surface area contributed by atoms with Crippen molar-refractivity contribution in [1.29, 1.82) is 0 Å². The third-order valence-electron chi connectivity index (χ3n) is 2.26. The van der Waals surface area contributed by atoms with Crippen molar-refractivity contribution in [1.82, 2.24) is 5.32 Å². The minimum Gasteiger partial charge on any atom is -0.350 e. The van der Waals surface area contributed by atoms with Gasteiger partial charge in [0.15, 0.2) is 0 Å². The number of fused-ring (bicyclic) bond motifs is 1. The zero-order valence-electron chi connectivity index (χ0n) is 9.00. The molecule has 0 saturated heterocycles. The quantitative estimate of drug-likeness (QED) is 0.656. The first-order valence-electron chi connectivity index (χ1n) is 5.11. The third-order valence-corrected chi connectivity index (χ3v) is 3.36. The summed E-state index contributed by atoms with van der Waals surface area (Å²) in [6.45, 7) is 0.456. The summed E-state index contributed by atoms with van der Waals surface area (Å²) in [5, 5.41) is 3.58. The highest BCUT2D eigenvalue weighted by atomic mass is 32.1. The Morgan fingerprint density at radius 2 is 2.29 bits per heavy atom. The van der Waals surface area contributed by atoms with Crippen molar-refractivity contribution in [2.24, 2.45) is 0 Å². The summed E-state index contributed by atoms with van der Waals surface area (Å²) >= 11 is 1.27. The van der Waals surface area contributed by atoms with Crippen LogP contribution >= 0.6 is 11.3 Å². The molecule has 0 unspecified atom stereocenters. The second kappa shape index (κ2) is 4.98. The highest BCUT2D eigenvalue weighted by Crippen LogP contribution is 2.26. The van der Waals surface area contributed by atoms with Crippen LogP contribution in [0.25, 0.3) is 10.1 Å². The molecule has 1 N–H and O–H groups in total. The normalized spacial score (nSPS) is 10.1. The lowest BCUT2D eigenvalue weighted by Gasteiger charge is -1.98. The lowest BCUT2D eigenvalue weighted by atomic mass is 10.2. The van der Waals surface area contributed by atoms with Crippen molar-refractivity contribution in [3.8, 4) is 12.3 Å². The van der Waals surface area contributed by atoms with Gasteiger partial charge in [-0.1, -0.05) is 6.07 Å². The fourth-order valence-electron chi connectivity index (χ4n) is 1.45. The molecule has 1 amide bonds. The van der Waals surface area contributed by atoms with Crippen molar-refractivity contribution in [3.05, 3.63) is 35.0 Å². The number of thiophene rings is 1. The SMILES string of the molecule is C#CCCNC(=O)c1cc2ccc(F)cc2s1. The number of carbonyl (C=O) groups is 1. The highest BCUT2D eigenvalue weighted by molar-refractivity contribution is 7.20. The van der Waals surface area contributed by atoms with E-state index in [4.69, 9.17) is 6.42 Å². The molecule has 0 fully saturated rings. The van der Waals surface area contributed by atoms with Gasteiger partial charge in [-0.2, -0.15) is 0 Å². The van der Waals surface area contributed by atoms with Gasteiger partial charge in [-0.3, -0.25) is 4.79 Å². The van der Waals surface area contributed by atoms with Crippen LogP contribution in [0.5, 0.6) is 0 Å². The van der Waals surface area contributed by atoms with Crippen molar-refractivity contribution < 1.29 is 9.18 Å². The van der Waals surface area contributed by atoms with E-state index in [1.807, 2.05) is 0 Å². The number of terminal acetylenes is 1. The Morgan fingerprint density at radius 1 is 1.47 bits per heavy atom. The smallest absolute Gasteiger partial charge is 0.261 e. The number of rotatable bonds is 3. The predicted molar refractivity (Wildman–Crippen MR) is 67.6 cm³/mol. The number of hydrogen-bond donors (Lipinski definition) is 1. The van der Waals surface area contributed by atoms with Crippen LogP contribution in [-0.2, 0) is 0 Å². The van der Waals surface area contributed by atoms with E-state index in [1.54, 1.807) is 12.1 Å². The minimum absolute atomic E-state index is 0.165. The van der Waals surface area contributed by atoms with Crippen LogP contribution in [-0.4, -0.2) is 12.5 Å². The molecule has 0 aliphatic heterocycles. The maximum atomic E-state index is 13.0. The van der Waals surface area contributed by atoms with Crippen LogP contribution in [0, 0.1) is 18.2 Å². The maximum Gasteiger partial charge on any atom is 0.261 e. The maximum absolute atomic E-state index is 13.0. The number of amides is 1. The van der Waals surface area contributed by atoms with Crippen molar-refractivity contribution >= 4 is 27.3 Å². The summed E-state index contributed by atoms with van der Waals surface area (Å²) in [4.78, 5) is 12.3. The van der Waals surface area contributed by atoms with Gasteiger partial charge in [0.25, 0.3) is 5.91 Å². The summed E-state index contributed by atoms with van der Waals surface area (Å²) in [5.74, 6) is 1.99. The molecule has 0 bridgehead atoms. The Morgan fingerprint density at radius 3 is 3.06 bits per heavy atom. The van der Waals surface area contributed by atoms with E-state index in [-0.39, 0.29) is 11.7 Å². The summed E-state index contributed by atoms with van der Waals surface area (Å²) in [5.41, 5.74) is 0. The van der Waals surface area contributed by atoms with Gasteiger partial charge in [-0.25, -0.2) is 4.39 Å². The van der Waals surface area contributed by atoms with Gasteiger partial charge in [0.2, 0.25) is 0 Å². The summed E-state index contributed by atoms with van der Waals surface area (Å²) in [7, 11) is 0. The second-order valence-electron chi connectivity index (χ2n) is 3.50. The summed E-state index contributed by atoms with van der Waals surface area (Å²) < 4.78 is 13.7. The van der Waals surface area contributed by atoms with Gasteiger partial charge < -0.3 is 5.32 Å². The van der Waals surface area contributed by atoms with Gasteiger partial charge in [0.05, 0.1) is 4.88 Å². The van der Waals surface area contributed by atoms with Gasteiger partial charge >= 0.3 is 0 Å². The van der Waals surface area contributed by atoms with E-state index in [9.17, 15) is 9.18 Å². The number of benzene rings is 1. The molecule has 0 spiro atoms. The fourth-order valence-corrected chi connectivity index (χ4v) is 2.46. The van der Waals surface area contributed by atoms with Crippen molar-refractivity contribution in [2.45, 2.75) is 6.42 Å². The zero-order valence-corrected chi connectivity index (χ0v) is 9.81. The molecule has 4 heteroatoms. The summed E-state index contributed by atoms with van der Waals surface area (Å²) in [6.07, 6.45) is 5.60. The molecular formula is C13H10FNOS. The van der Waals surface area contributed by atoms with E-state index in [0.29, 0.717) is 17.8 Å². The average Bonchev–Trinajstić information content (AvgIpc) is 2.72. The Labute approximate surface area is 102 Å². The van der Waals surface area contributed by atoms with Crippen LogP contribution in [0.3, 0.4) is 0 Å². The second-order valence-corrected chi connectivity index (χ2v) is 4.59. The predicted octanol–water partition coefficient (Wildman–Crippen LogP) is 2.79. The van der Waals surface area contributed by atoms with Crippen molar-refractivity contribution in [3.63, 3.8) is 0 Å². The number of hydrogen-bond acceptors (Lipinski definition) is 2. The van der Waals surface area contributed by atoms with Gasteiger partial charge in [-0.15, -0.1) is 23.7 Å². The molecule has 0 aliphatic rings. The average molecular weight is 247 g/mol. The number of nitrogens with one attached hydrogen (secondary N) is 1. The first-order chi connectivity index (χ1) is 8.20. The molecule has 0 aliphatic carbocycles. The Bertz CT molecular complexity index is 597. The number of halogens is 1. The van der Waals surface area contributed by atoms with E-state index in [2.05, 4.69) is 11.2 Å². The molecule has 2 nitrogen and oxygen atoms in total. The standard InChI is InChI=1S/C13H10FNOS/c1-2-3-6-15-13(16)12-7-9-4-5-10(14)8-11(9)17-12/h1,4-5,7-8H,3,6H2,(H,15,16). The molecule has 17 heavy (non-hydrogen) atoms. The first-order valence-corrected chi connectivity index (χ1v) is 5.93. The van der Waals surface area contributed by atoms with Crippen LogP contribution in [0.1, 0.15) is 16.1 Å². The first kappa shape index (κ1) is 11.6. The van der Waals surface area contributed by atoms with Crippen LogP contribution in [0.4, 0.5) is 4.39 Å². The van der Waals surface area contributed by atoms with E-state index < -0.39 is 0 Å². The molecule has 0 atom stereocenters. The lowest BCUT2D eigenvalue weighted by Crippen LogP contribution is -2.23. The highest BCUT2D eigenvalue weighted by Gasteiger charge is 2.09. The minimum atomic E-state index is -0.293. The monoisotopic (exact) mass is 247 g/mol. The molecule has 0 radical (unpaired) electrons. The largest absolute Gasteiger partial charge is 0.350 e. The molecule has 86 valence electrons. The molecule has 1 heterocycles. The molecule has 2 aromatic rings. The number of carbonyl (C=O) groups excluding carboxylic acids is 1. The van der Waals surface area contributed by atoms with Crippen LogP contribution in [0.15, 0.2) is 24.3 Å². The molecule has 2 rings (SSSR count).